The topological polar surface area (TPSA) is 68.0 Å². The Kier molecular flexibility index (Phi) is 4.19. The quantitative estimate of drug-likeness (QED) is 0.583. The van der Waals surface area contributed by atoms with Crippen LogP contribution in [0.3, 0.4) is 0 Å². The Morgan fingerprint density at radius 1 is 1.08 bits per heavy atom. The molecular weight excluding hydrogens is 326 g/mol. The van der Waals surface area contributed by atoms with E-state index in [1.165, 1.54) is 5.56 Å². The molecule has 0 aliphatic rings. The van der Waals surface area contributed by atoms with Crippen molar-refractivity contribution in [1.29, 1.82) is 0 Å². The van der Waals surface area contributed by atoms with E-state index in [4.69, 9.17) is 4.42 Å². The summed E-state index contributed by atoms with van der Waals surface area (Å²) in [5.41, 5.74) is 4.86. The zero-order chi connectivity index (χ0) is 17.9. The Labute approximate surface area is 150 Å². The van der Waals surface area contributed by atoms with E-state index < -0.39 is 0 Å². The maximum absolute atomic E-state index is 12.3. The summed E-state index contributed by atoms with van der Waals surface area (Å²) in [5.74, 6) is 0.350. The number of anilines is 1. The SMILES string of the molecule is CCc1ccc2oc(-c3cccc(NC(=O)c4ccncc4)c3)nc2c1. The van der Waals surface area contributed by atoms with E-state index in [1.807, 2.05) is 42.5 Å². The van der Waals surface area contributed by atoms with Crippen LogP contribution in [0.5, 0.6) is 0 Å². The van der Waals surface area contributed by atoms with Crippen molar-refractivity contribution in [3.05, 3.63) is 78.1 Å². The van der Waals surface area contributed by atoms with Crippen LogP contribution < -0.4 is 5.32 Å². The smallest absolute Gasteiger partial charge is 0.255 e. The van der Waals surface area contributed by atoms with Gasteiger partial charge in [0.15, 0.2) is 5.58 Å². The van der Waals surface area contributed by atoms with Crippen molar-refractivity contribution in [3.63, 3.8) is 0 Å². The summed E-state index contributed by atoms with van der Waals surface area (Å²) in [7, 11) is 0. The van der Waals surface area contributed by atoms with Crippen molar-refractivity contribution in [3.8, 4) is 11.5 Å². The molecule has 2 aromatic carbocycles. The van der Waals surface area contributed by atoms with Crippen LogP contribution in [0.25, 0.3) is 22.6 Å². The summed E-state index contributed by atoms with van der Waals surface area (Å²) >= 11 is 0. The molecule has 0 saturated heterocycles. The molecule has 1 N–H and O–H groups in total. The lowest BCUT2D eigenvalue weighted by atomic mass is 10.1. The highest BCUT2D eigenvalue weighted by Gasteiger charge is 2.11. The molecule has 5 nitrogen and oxygen atoms in total. The number of fused-ring (bicyclic) bond motifs is 1. The number of aromatic nitrogens is 2. The highest BCUT2D eigenvalue weighted by molar-refractivity contribution is 6.04. The molecule has 0 atom stereocenters. The number of carbonyl (C=O) groups excluding carboxylic acids is 1. The van der Waals surface area contributed by atoms with Crippen molar-refractivity contribution < 1.29 is 9.21 Å². The lowest BCUT2D eigenvalue weighted by Gasteiger charge is -2.06. The molecule has 0 saturated carbocycles. The molecule has 0 bridgehead atoms. The van der Waals surface area contributed by atoms with Gasteiger partial charge in [0.1, 0.15) is 5.52 Å². The first-order valence-corrected chi connectivity index (χ1v) is 8.44. The number of rotatable bonds is 4. The van der Waals surface area contributed by atoms with Crippen LogP contribution >= 0.6 is 0 Å². The lowest BCUT2D eigenvalue weighted by Crippen LogP contribution is -2.11. The summed E-state index contributed by atoms with van der Waals surface area (Å²) in [6.45, 7) is 2.11. The predicted octanol–water partition coefficient (Wildman–Crippen LogP) is 4.70. The average Bonchev–Trinajstić information content (AvgIpc) is 3.12. The van der Waals surface area contributed by atoms with E-state index in [0.717, 1.165) is 23.1 Å². The second-order valence-electron chi connectivity index (χ2n) is 5.95. The summed E-state index contributed by atoms with van der Waals surface area (Å²) in [6, 6.07) is 16.8. The fourth-order valence-corrected chi connectivity index (χ4v) is 2.75. The van der Waals surface area contributed by atoms with Gasteiger partial charge in [0, 0.05) is 29.2 Å². The van der Waals surface area contributed by atoms with Crippen molar-refractivity contribution in [2.75, 3.05) is 5.32 Å². The minimum absolute atomic E-state index is 0.185. The third kappa shape index (κ3) is 3.19. The van der Waals surface area contributed by atoms with Crippen LogP contribution in [0.15, 0.2) is 71.4 Å². The van der Waals surface area contributed by atoms with Crippen molar-refractivity contribution in [2.45, 2.75) is 13.3 Å². The standard InChI is InChI=1S/C21H17N3O2/c1-2-14-6-7-19-18(12-14)24-21(26-19)16-4-3-5-17(13-16)23-20(25)15-8-10-22-11-9-15/h3-13H,2H2,1H3,(H,23,25). The van der Waals surface area contributed by atoms with E-state index in [2.05, 4.69) is 22.2 Å². The fourth-order valence-electron chi connectivity index (χ4n) is 2.75. The minimum Gasteiger partial charge on any atom is -0.436 e. The largest absolute Gasteiger partial charge is 0.436 e. The maximum atomic E-state index is 12.3. The summed E-state index contributed by atoms with van der Waals surface area (Å²) in [4.78, 5) is 20.8. The zero-order valence-electron chi connectivity index (χ0n) is 14.3. The molecule has 0 radical (unpaired) electrons. The van der Waals surface area contributed by atoms with Gasteiger partial charge >= 0.3 is 0 Å². The van der Waals surface area contributed by atoms with Gasteiger partial charge in [0.05, 0.1) is 0 Å². The molecule has 0 fully saturated rings. The molecule has 128 valence electrons. The lowest BCUT2D eigenvalue weighted by molar-refractivity contribution is 0.102. The first-order chi connectivity index (χ1) is 12.7. The Morgan fingerprint density at radius 2 is 1.92 bits per heavy atom. The number of carbonyl (C=O) groups is 1. The third-order valence-electron chi connectivity index (χ3n) is 4.17. The van der Waals surface area contributed by atoms with Gasteiger partial charge in [-0.25, -0.2) is 4.98 Å². The third-order valence-corrected chi connectivity index (χ3v) is 4.17. The van der Waals surface area contributed by atoms with Crippen LogP contribution in [0.1, 0.15) is 22.8 Å². The van der Waals surface area contributed by atoms with Gasteiger partial charge in [0.2, 0.25) is 5.89 Å². The molecule has 4 rings (SSSR count). The van der Waals surface area contributed by atoms with Crippen LogP contribution in [0, 0.1) is 0 Å². The number of amides is 1. The summed E-state index contributed by atoms with van der Waals surface area (Å²) in [5, 5.41) is 2.88. The highest BCUT2D eigenvalue weighted by atomic mass is 16.3. The van der Waals surface area contributed by atoms with E-state index in [-0.39, 0.29) is 5.91 Å². The molecule has 4 aromatic rings. The second kappa shape index (κ2) is 6.80. The first kappa shape index (κ1) is 16.0. The fraction of sp³-hybridized carbons (Fsp3) is 0.0952. The number of benzene rings is 2. The van der Waals surface area contributed by atoms with Crippen LogP contribution in [-0.4, -0.2) is 15.9 Å². The van der Waals surface area contributed by atoms with Gasteiger partial charge in [-0.05, 0) is 54.4 Å². The normalized spacial score (nSPS) is 10.8. The number of aryl methyl sites for hydroxylation is 1. The molecule has 26 heavy (non-hydrogen) atoms. The molecule has 5 heteroatoms. The van der Waals surface area contributed by atoms with Crippen LogP contribution in [0.4, 0.5) is 5.69 Å². The maximum Gasteiger partial charge on any atom is 0.255 e. The number of hydrogen-bond donors (Lipinski definition) is 1. The monoisotopic (exact) mass is 343 g/mol. The number of nitrogens with one attached hydrogen (secondary N) is 1. The van der Waals surface area contributed by atoms with Crippen LogP contribution in [0.2, 0.25) is 0 Å². The molecule has 0 unspecified atom stereocenters. The average molecular weight is 343 g/mol. The van der Waals surface area contributed by atoms with Crippen LogP contribution in [-0.2, 0) is 6.42 Å². The van der Waals surface area contributed by atoms with Crippen molar-refractivity contribution >= 4 is 22.7 Å². The number of hydrogen-bond acceptors (Lipinski definition) is 4. The number of oxazole rings is 1. The van der Waals surface area contributed by atoms with E-state index in [9.17, 15) is 4.79 Å². The van der Waals surface area contributed by atoms with Gasteiger partial charge in [-0.15, -0.1) is 0 Å². The van der Waals surface area contributed by atoms with Gasteiger partial charge < -0.3 is 9.73 Å². The Balaban J connectivity index is 1.62. The molecule has 2 heterocycles. The number of pyridine rings is 1. The molecule has 0 aliphatic heterocycles. The Morgan fingerprint density at radius 3 is 2.73 bits per heavy atom. The molecule has 1 amide bonds. The van der Waals surface area contributed by atoms with Crippen molar-refractivity contribution in [2.24, 2.45) is 0 Å². The van der Waals surface area contributed by atoms with E-state index >= 15 is 0 Å². The van der Waals surface area contributed by atoms with Gasteiger partial charge in [-0.2, -0.15) is 0 Å². The zero-order valence-corrected chi connectivity index (χ0v) is 14.3. The Bertz CT molecular complexity index is 1070. The molecule has 0 spiro atoms. The van der Waals surface area contributed by atoms with E-state index in [0.29, 0.717) is 17.1 Å². The molecular formula is C21H17N3O2. The van der Waals surface area contributed by atoms with Gasteiger partial charge in [0.25, 0.3) is 5.91 Å². The van der Waals surface area contributed by atoms with Crippen molar-refractivity contribution in [1.82, 2.24) is 9.97 Å². The van der Waals surface area contributed by atoms with Gasteiger partial charge in [-0.3, -0.25) is 9.78 Å². The second-order valence-corrected chi connectivity index (χ2v) is 5.95. The molecule has 0 aliphatic carbocycles. The predicted molar refractivity (Wildman–Crippen MR) is 101 cm³/mol. The Hall–Kier alpha value is -3.47. The highest BCUT2D eigenvalue weighted by Crippen LogP contribution is 2.27. The van der Waals surface area contributed by atoms with E-state index in [1.54, 1.807) is 24.5 Å². The minimum atomic E-state index is -0.185. The summed E-state index contributed by atoms with van der Waals surface area (Å²) in [6.07, 6.45) is 4.14. The molecule has 2 aromatic heterocycles. The summed E-state index contributed by atoms with van der Waals surface area (Å²) < 4.78 is 5.87. The van der Waals surface area contributed by atoms with Gasteiger partial charge in [-0.1, -0.05) is 19.1 Å². The first-order valence-electron chi connectivity index (χ1n) is 8.44. The number of nitrogens with zero attached hydrogens (tertiary/aromatic N) is 2.